The summed E-state index contributed by atoms with van der Waals surface area (Å²) in [6.45, 7) is 2.67. The number of anilines is 1. The lowest BCUT2D eigenvalue weighted by Crippen LogP contribution is -2.36. The summed E-state index contributed by atoms with van der Waals surface area (Å²) in [7, 11) is 0. The van der Waals surface area contributed by atoms with Gasteiger partial charge >= 0.3 is 0 Å². The Balaban J connectivity index is 1.81. The van der Waals surface area contributed by atoms with E-state index in [1.807, 2.05) is 0 Å². The van der Waals surface area contributed by atoms with Gasteiger partial charge in [-0.1, -0.05) is 12.1 Å². The van der Waals surface area contributed by atoms with E-state index in [1.54, 1.807) is 0 Å². The van der Waals surface area contributed by atoms with Gasteiger partial charge in [0.1, 0.15) is 0 Å². The second-order valence-corrected chi connectivity index (χ2v) is 4.71. The highest BCUT2D eigenvalue weighted by Gasteiger charge is 2.38. The topological polar surface area (TPSA) is 38.5 Å². The fraction of sp³-hybridized carbons (Fsp3) is 0.538. The number of ether oxygens (including phenoxy) is 1. The van der Waals surface area contributed by atoms with Crippen molar-refractivity contribution in [2.45, 2.75) is 25.0 Å². The van der Waals surface area contributed by atoms with Crippen LogP contribution in [-0.2, 0) is 11.2 Å². The number of morpholine rings is 1. The minimum atomic E-state index is 0.461. The zero-order chi connectivity index (χ0) is 11.0. The Hall–Kier alpha value is -1.06. The van der Waals surface area contributed by atoms with Crippen molar-refractivity contribution in [2.75, 3.05) is 24.6 Å². The summed E-state index contributed by atoms with van der Waals surface area (Å²) >= 11 is 0. The number of hydrogen-bond acceptors (Lipinski definition) is 3. The van der Waals surface area contributed by atoms with E-state index in [-0.39, 0.29) is 0 Å². The lowest BCUT2D eigenvalue weighted by atomic mass is 10.1. The van der Waals surface area contributed by atoms with Gasteiger partial charge in [-0.25, -0.2) is 0 Å². The highest BCUT2D eigenvalue weighted by Crippen LogP contribution is 2.32. The Morgan fingerprint density at radius 2 is 2.38 bits per heavy atom. The Morgan fingerprint density at radius 3 is 3.06 bits per heavy atom. The first-order valence-corrected chi connectivity index (χ1v) is 6.04. The monoisotopic (exact) mass is 218 g/mol. The molecule has 2 heterocycles. The largest absolute Gasteiger partial charge is 0.374 e. The molecule has 0 saturated carbocycles. The molecule has 2 unspecified atom stereocenters. The smallest absolute Gasteiger partial charge is 0.0771 e. The molecule has 2 aliphatic heterocycles. The summed E-state index contributed by atoms with van der Waals surface area (Å²) < 4.78 is 5.62. The minimum absolute atomic E-state index is 0.461. The SMILES string of the molecule is NCCc1cccc(N2CC3CC2CO3)c1. The van der Waals surface area contributed by atoms with Gasteiger partial charge in [0, 0.05) is 12.2 Å². The third kappa shape index (κ3) is 1.70. The molecule has 0 radical (unpaired) electrons. The molecular formula is C13H18N2O. The van der Waals surface area contributed by atoms with Gasteiger partial charge in [-0.05, 0) is 37.1 Å². The molecule has 2 fully saturated rings. The molecule has 2 aliphatic rings. The number of benzene rings is 1. The van der Waals surface area contributed by atoms with Gasteiger partial charge in [-0.3, -0.25) is 0 Å². The standard InChI is InChI=1S/C13H18N2O/c14-5-4-10-2-1-3-11(6-10)15-8-13-7-12(15)9-16-13/h1-3,6,12-13H,4-5,7-9,14H2. The van der Waals surface area contributed by atoms with Gasteiger partial charge in [0.15, 0.2) is 0 Å². The van der Waals surface area contributed by atoms with Crippen LogP contribution in [0.25, 0.3) is 0 Å². The Kier molecular flexibility index (Phi) is 2.58. The molecule has 2 bridgehead atoms. The molecule has 0 amide bonds. The van der Waals surface area contributed by atoms with E-state index in [0.717, 1.165) is 26.1 Å². The maximum Gasteiger partial charge on any atom is 0.0771 e. The molecule has 16 heavy (non-hydrogen) atoms. The van der Waals surface area contributed by atoms with Gasteiger partial charge in [0.25, 0.3) is 0 Å². The first kappa shape index (κ1) is 10.1. The first-order valence-electron chi connectivity index (χ1n) is 6.04. The lowest BCUT2D eigenvalue weighted by molar-refractivity contribution is 0.0991. The molecule has 0 aliphatic carbocycles. The Morgan fingerprint density at radius 1 is 1.44 bits per heavy atom. The molecule has 1 aromatic carbocycles. The highest BCUT2D eigenvalue weighted by molar-refractivity contribution is 5.51. The van der Waals surface area contributed by atoms with Crippen LogP contribution in [0.4, 0.5) is 5.69 Å². The summed E-state index contributed by atoms with van der Waals surface area (Å²) in [5.41, 5.74) is 8.26. The summed E-state index contributed by atoms with van der Waals surface area (Å²) in [4.78, 5) is 2.48. The van der Waals surface area contributed by atoms with E-state index >= 15 is 0 Å². The average Bonchev–Trinajstić information content (AvgIpc) is 2.91. The van der Waals surface area contributed by atoms with Crippen molar-refractivity contribution in [2.24, 2.45) is 5.73 Å². The summed E-state index contributed by atoms with van der Waals surface area (Å²) in [6, 6.07) is 9.35. The fourth-order valence-electron chi connectivity index (χ4n) is 2.77. The molecule has 2 atom stereocenters. The van der Waals surface area contributed by atoms with Gasteiger partial charge in [0.05, 0.1) is 18.8 Å². The van der Waals surface area contributed by atoms with E-state index in [1.165, 1.54) is 17.7 Å². The number of fused-ring (bicyclic) bond motifs is 2. The van der Waals surface area contributed by atoms with E-state index < -0.39 is 0 Å². The second kappa shape index (κ2) is 4.07. The third-order valence-corrected chi connectivity index (χ3v) is 3.58. The van der Waals surface area contributed by atoms with Crippen LogP contribution in [0.2, 0.25) is 0 Å². The minimum Gasteiger partial charge on any atom is -0.374 e. The maximum absolute atomic E-state index is 5.62. The molecule has 0 aromatic heterocycles. The van der Waals surface area contributed by atoms with E-state index in [0.29, 0.717) is 12.1 Å². The Labute approximate surface area is 96.2 Å². The fourth-order valence-corrected chi connectivity index (χ4v) is 2.77. The molecule has 3 heteroatoms. The molecule has 2 N–H and O–H groups in total. The number of hydrogen-bond donors (Lipinski definition) is 1. The van der Waals surface area contributed by atoms with Gasteiger partial charge in [-0.2, -0.15) is 0 Å². The van der Waals surface area contributed by atoms with Crippen LogP contribution >= 0.6 is 0 Å². The zero-order valence-corrected chi connectivity index (χ0v) is 9.43. The van der Waals surface area contributed by atoms with Crippen molar-refractivity contribution >= 4 is 5.69 Å². The summed E-state index contributed by atoms with van der Waals surface area (Å²) in [5, 5.41) is 0. The van der Waals surface area contributed by atoms with Gasteiger partial charge in [0.2, 0.25) is 0 Å². The highest BCUT2D eigenvalue weighted by atomic mass is 16.5. The lowest BCUT2D eigenvalue weighted by Gasteiger charge is -2.29. The van der Waals surface area contributed by atoms with Crippen LogP contribution in [0.15, 0.2) is 24.3 Å². The third-order valence-electron chi connectivity index (χ3n) is 3.58. The maximum atomic E-state index is 5.62. The van der Waals surface area contributed by atoms with E-state index in [9.17, 15) is 0 Å². The molecule has 86 valence electrons. The average molecular weight is 218 g/mol. The predicted molar refractivity (Wildman–Crippen MR) is 64.7 cm³/mol. The number of rotatable bonds is 3. The van der Waals surface area contributed by atoms with Crippen molar-refractivity contribution in [3.63, 3.8) is 0 Å². The van der Waals surface area contributed by atoms with E-state index in [2.05, 4.69) is 29.2 Å². The second-order valence-electron chi connectivity index (χ2n) is 4.71. The number of nitrogens with zero attached hydrogens (tertiary/aromatic N) is 1. The van der Waals surface area contributed by atoms with Crippen LogP contribution in [0.3, 0.4) is 0 Å². The zero-order valence-electron chi connectivity index (χ0n) is 9.43. The molecule has 3 nitrogen and oxygen atoms in total. The van der Waals surface area contributed by atoms with Crippen LogP contribution in [0.1, 0.15) is 12.0 Å². The predicted octanol–water partition coefficient (Wildman–Crippen LogP) is 1.17. The van der Waals surface area contributed by atoms with Crippen LogP contribution in [-0.4, -0.2) is 31.8 Å². The van der Waals surface area contributed by atoms with Crippen molar-refractivity contribution in [3.05, 3.63) is 29.8 Å². The summed E-state index contributed by atoms with van der Waals surface area (Å²) in [5.74, 6) is 0. The Bertz CT molecular complexity index is 380. The molecule has 1 aromatic rings. The van der Waals surface area contributed by atoms with Crippen LogP contribution in [0, 0.1) is 0 Å². The van der Waals surface area contributed by atoms with Crippen molar-refractivity contribution in [1.29, 1.82) is 0 Å². The van der Waals surface area contributed by atoms with E-state index in [4.69, 9.17) is 10.5 Å². The van der Waals surface area contributed by atoms with Crippen molar-refractivity contribution in [1.82, 2.24) is 0 Å². The van der Waals surface area contributed by atoms with Gasteiger partial charge < -0.3 is 15.4 Å². The first-order chi connectivity index (χ1) is 7.86. The molecule has 2 saturated heterocycles. The number of nitrogens with two attached hydrogens (primary N) is 1. The van der Waals surface area contributed by atoms with Gasteiger partial charge in [-0.15, -0.1) is 0 Å². The quantitative estimate of drug-likeness (QED) is 0.827. The normalized spacial score (nSPS) is 27.7. The molecule has 3 rings (SSSR count). The van der Waals surface area contributed by atoms with Crippen molar-refractivity contribution < 1.29 is 4.74 Å². The van der Waals surface area contributed by atoms with Crippen LogP contribution in [0.5, 0.6) is 0 Å². The van der Waals surface area contributed by atoms with Crippen LogP contribution < -0.4 is 10.6 Å². The summed E-state index contributed by atoms with van der Waals surface area (Å²) in [6.07, 6.45) is 2.62. The molecule has 0 spiro atoms. The van der Waals surface area contributed by atoms with Crippen molar-refractivity contribution in [3.8, 4) is 0 Å². The molecular weight excluding hydrogens is 200 g/mol.